The molecule has 1 amide bonds. The molecule has 1 aromatic carbocycles. The third-order valence-electron chi connectivity index (χ3n) is 2.80. The largest absolute Gasteiger partial charge is 0.332 e. The van der Waals surface area contributed by atoms with E-state index in [1.54, 1.807) is 4.90 Å². The van der Waals surface area contributed by atoms with Crippen molar-refractivity contribution in [2.45, 2.75) is 19.0 Å². The third-order valence-corrected chi connectivity index (χ3v) is 3.05. The van der Waals surface area contributed by atoms with E-state index in [1.807, 2.05) is 31.2 Å². The smallest absolute Gasteiger partial charge is 0.242 e. The van der Waals surface area contributed by atoms with Crippen LogP contribution in [0.3, 0.4) is 0 Å². The van der Waals surface area contributed by atoms with Crippen molar-refractivity contribution in [2.75, 3.05) is 6.54 Å². The lowest BCUT2D eigenvalue weighted by Crippen LogP contribution is -2.62. The van der Waals surface area contributed by atoms with Crippen molar-refractivity contribution >= 4 is 17.5 Å². The first-order valence-electron chi connectivity index (χ1n) is 4.96. The summed E-state index contributed by atoms with van der Waals surface area (Å²) >= 11 is 5.80. The first-order chi connectivity index (χ1) is 7.15. The van der Waals surface area contributed by atoms with Crippen LogP contribution in [0.25, 0.3) is 0 Å². The van der Waals surface area contributed by atoms with Crippen molar-refractivity contribution in [2.24, 2.45) is 5.73 Å². The summed E-state index contributed by atoms with van der Waals surface area (Å²) in [4.78, 5) is 13.2. The lowest BCUT2D eigenvalue weighted by molar-refractivity contribution is -0.149. The van der Waals surface area contributed by atoms with E-state index in [0.29, 0.717) is 11.6 Å². The van der Waals surface area contributed by atoms with Gasteiger partial charge in [0.15, 0.2) is 0 Å². The molecule has 0 unspecified atom stereocenters. The fraction of sp³-hybridized carbons (Fsp3) is 0.364. The van der Waals surface area contributed by atoms with Crippen LogP contribution in [-0.2, 0) is 4.79 Å². The van der Waals surface area contributed by atoms with Crippen LogP contribution in [0, 0.1) is 0 Å². The van der Waals surface area contributed by atoms with Gasteiger partial charge >= 0.3 is 0 Å². The molecule has 15 heavy (non-hydrogen) atoms. The van der Waals surface area contributed by atoms with Crippen molar-refractivity contribution in [3.05, 3.63) is 34.9 Å². The van der Waals surface area contributed by atoms with E-state index < -0.39 is 6.04 Å². The number of hydrogen-bond donors (Lipinski definition) is 1. The standard InChI is InChI=1S/C11H13ClN2O/c1-2-14-10(9(13)11(14)15)7-3-5-8(12)6-4-7/h3-6,9-10H,2,13H2,1H3/t9-,10-/m0/s1. The second kappa shape index (κ2) is 3.83. The summed E-state index contributed by atoms with van der Waals surface area (Å²) in [7, 11) is 0. The molecule has 0 aliphatic carbocycles. The van der Waals surface area contributed by atoms with E-state index in [4.69, 9.17) is 17.3 Å². The van der Waals surface area contributed by atoms with E-state index >= 15 is 0 Å². The highest BCUT2D eigenvalue weighted by Crippen LogP contribution is 2.33. The number of nitrogens with two attached hydrogens (primary N) is 1. The van der Waals surface area contributed by atoms with Crippen LogP contribution >= 0.6 is 11.6 Å². The average molecular weight is 225 g/mol. The van der Waals surface area contributed by atoms with Crippen LogP contribution in [0.15, 0.2) is 24.3 Å². The Morgan fingerprint density at radius 1 is 1.40 bits per heavy atom. The van der Waals surface area contributed by atoms with Gasteiger partial charge in [-0.3, -0.25) is 4.79 Å². The third kappa shape index (κ3) is 1.62. The molecule has 0 radical (unpaired) electrons. The molecule has 80 valence electrons. The van der Waals surface area contributed by atoms with Crippen LogP contribution < -0.4 is 5.73 Å². The average Bonchev–Trinajstić information content (AvgIpc) is 2.26. The first kappa shape index (κ1) is 10.5. The van der Waals surface area contributed by atoms with Gasteiger partial charge in [0.1, 0.15) is 6.04 Å². The van der Waals surface area contributed by atoms with Gasteiger partial charge in [-0.25, -0.2) is 0 Å². The van der Waals surface area contributed by atoms with E-state index in [-0.39, 0.29) is 11.9 Å². The van der Waals surface area contributed by atoms with Crippen LogP contribution in [0.1, 0.15) is 18.5 Å². The number of β-lactam (4-membered cyclic amide) rings is 1. The predicted molar refractivity (Wildman–Crippen MR) is 59.6 cm³/mol. The fourth-order valence-corrected chi connectivity index (χ4v) is 2.10. The van der Waals surface area contributed by atoms with E-state index in [2.05, 4.69) is 0 Å². The SMILES string of the molecule is CCN1C(=O)[C@@H](N)[C@@H]1c1ccc(Cl)cc1. The number of likely N-dealkylation sites (N-methyl/N-ethyl adjacent to an activating group) is 1. The number of nitrogens with zero attached hydrogens (tertiary/aromatic N) is 1. The second-order valence-corrected chi connectivity index (χ2v) is 4.08. The number of hydrogen-bond acceptors (Lipinski definition) is 2. The Bertz CT molecular complexity index is 377. The number of halogens is 1. The monoisotopic (exact) mass is 224 g/mol. The molecule has 1 saturated heterocycles. The molecule has 1 aliphatic heterocycles. The molecule has 3 nitrogen and oxygen atoms in total. The Labute approximate surface area is 93.8 Å². The van der Waals surface area contributed by atoms with Crippen molar-refractivity contribution < 1.29 is 4.79 Å². The lowest BCUT2D eigenvalue weighted by Gasteiger charge is -2.45. The van der Waals surface area contributed by atoms with Crippen LogP contribution in [0.5, 0.6) is 0 Å². The minimum atomic E-state index is -0.397. The second-order valence-electron chi connectivity index (χ2n) is 3.65. The number of carbonyl (C=O) groups is 1. The molecule has 0 saturated carbocycles. The Kier molecular flexibility index (Phi) is 2.67. The molecule has 2 atom stereocenters. The minimum absolute atomic E-state index is 0.0137. The number of likely N-dealkylation sites (tertiary alicyclic amines) is 1. The van der Waals surface area contributed by atoms with Crippen molar-refractivity contribution in [3.8, 4) is 0 Å². The van der Waals surface area contributed by atoms with Crippen LogP contribution in [-0.4, -0.2) is 23.4 Å². The summed E-state index contributed by atoms with van der Waals surface area (Å²) in [6.07, 6.45) is 0. The summed E-state index contributed by atoms with van der Waals surface area (Å²) in [5.74, 6) is 0.0254. The Morgan fingerprint density at radius 2 is 2.00 bits per heavy atom. The van der Waals surface area contributed by atoms with Gasteiger partial charge in [0.2, 0.25) is 5.91 Å². The highest BCUT2D eigenvalue weighted by molar-refractivity contribution is 6.30. The molecular weight excluding hydrogens is 212 g/mol. The molecular formula is C11H13ClN2O. The molecule has 1 aromatic rings. The Balaban J connectivity index is 2.24. The summed E-state index contributed by atoms with van der Waals surface area (Å²) in [5, 5.41) is 0.695. The number of amides is 1. The van der Waals surface area contributed by atoms with Gasteiger partial charge in [0, 0.05) is 11.6 Å². The van der Waals surface area contributed by atoms with E-state index in [1.165, 1.54) is 0 Å². The zero-order valence-corrected chi connectivity index (χ0v) is 9.24. The number of benzene rings is 1. The number of carbonyl (C=O) groups excluding carboxylic acids is 1. The zero-order chi connectivity index (χ0) is 11.0. The van der Waals surface area contributed by atoms with Gasteiger partial charge in [0.05, 0.1) is 6.04 Å². The van der Waals surface area contributed by atoms with E-state index in [9.17, 15) is 4.79 Å². The van der Waals surface area contributed by atoms with Crippen LogP contribution in [0.2, 0.25) is 5.02 Å². The highest BCUT2D eigenvalue weighted by atomic mass is 35.5. The van der Waals surface area contributed by atoms with Gasteiger partial charge in [-0.1, -0.05) is 23.7 Å². The summed E-state index contributed by atoms with van der Waals surface area (Å²) < 4.78 is 0. The van der Waals surface area contributed by atoms with Crippen molar-refractivity contribution in [1.82, 2.24) is 4.90 Å². The van der Waals surface area contributed by atoms with Gasteiger partial charge in [-0.2, -0.15) is 0 Å². The maximum Gasteiger partial charge on any atom is 0.242 e. The zero-order valence-electron chi connectivity index (χ0n) is 8.48. The summed E-state index contributed by atoms with van der Waals surface area (Å²) in [5.41, 5.74) is 6.83. The number of rotatable bonds is 2. The molecule has 2 rings (SSSR count). The topological polar surface area (TPSA) is 46.3 Å². The lowest BCUT2D eigenvalue weighted by atomic mass is 9.89. The maximum atomic E-state index is 11.4. The van der Waals surface area contributed by atoms with Gasteiger partial charge in [-0.05, 0) is 24.6 Å². The van der Waals surface area contributed by atoms with Crippen molar-refractivity contribution in [3.63, 3.8) is 0 Å². The molecule has 1 aliphatic rings. The molecule has 0 aromatic heterocycles. The molecule has 1 fully saturated rings. The van der Waals surface area contributed by atoms with Gasteiger partial charge in [-0.15, -0.1) is 0 Å². The summed E-state index contributed by atoms with van der Waals surface area (Å²) in [6.45, 7) is 2.65. The quantitative estimate of drug-likeness (QED) is 0.776. The highest BCUT2D eigenvalue weighted by Gasteiger charge is 2.44. The maximum absolute atomic E-state index is 11.4. The van der Waals surface area contributed by atoms with Gasteiger partial charge in [0.25, 0.3) is 0 Å². The normalized spacial score (nSPS) is 25.3. The Hall–Kier alpha value is -1.06. The molecule has 0 spiro atoms. The van der Waals surface area contributed by atoms with Crippen molar-refractivity contribution in [1.29, 1.82) is 0 Å². The fourth-order valence-electron chi connectivity index (χ4n) is 1.98. The molecule has 1 heterocycles. The molecule has 4 heteroatoms. The van der Waals surface area contributed by atoms with Gasteiger partial charge < -0.3 is 10.6 Å². The van der Waals surface area contributed by atoms with E-state index in [0.717, 1.165) is 5.56 Å². The minimum Gasteiger partial charge on any atom is -0.332 e. The first-order valence-corrected chi connectivity index (χ1v) is 5.34. The Morgan fingerprint density at radius 3 is 2.53 bits per heavy atom. The predicted octanol–water partition coefficient (Wildman–Crippen LogP) is 1.57. The molecule has 2 N–H and O–H groups in total. The van der Waals surface area contributed by atoms with Crippen LogP contribution in [0.4, 0.5) is 0 Å². The molecule has 0 bridgehead atoms. The summed E-state index contributed by atoms with van der Waals surface area (Å²) in [6, 6.07) is 7.09.